The minimum Gasteiger partial charge on any atom is -0.293 e. The maximum atomic E-state index is 12.0. The van der Waals surface area contributed by atoms with Gasteiger partial charge in [0, 0.05) is 5.92 Å². The molecule has 78 valence electrons. The number of carbonyl (C=O) groups is 1. The van der Waals surface area contributed by atoms with Gasteiger partial charge in [-0.25, -0.2) is 0 Å². The van der Waals surface area contributed by atoms with Crippen molar-refractivity contribution in [3.63, 3.8) is 0 Å². The lowest BCUT2D eigenvalue weighted by Crippen LogP contribution is -2.18. The minimum atomic E-state index is 0.280. The van der Waals surface area contributed by atoms with Crippen molar-refractivity contribution >= 4 is 17.5 Å². The van der Waals surface area contributed by atoms with Crippen LogP contribution in [0.25, 0.3) is 0 Å². The van der Waals surface area contributed by atoms with Crippen LogP contribution in [0.3, 0.4) is 0 Å². The zero-order valence-electron chi connectivity index (χ0n) is 8.79. The number of rotatable bonds is 4. The van der Waals surface area contributed by atoms with Crippen LogP contribution in [0, 0.1) is 5.92 Å². The van der Waals surface area contributed by atoms with Gasteiger partial charge >= 0.3 is 0 Å². The van der Waals surface area contributed by atoms with E-state index in [2.05, 4.69) is 6.58 Å². The number of allylic oxidation sites excluding steroid dienone is 3. The molecule has 0 saturated heterocycles. The maximum absolute atomic E-state index is 12.0. The molecule has 0 aliphatic heterocycles. The Bertz CT molecular complexity index is 237. The van der Waals surface area contributed by atoms with Crippen LogP contribution in [-0.2, 0) is 4.79 Å². The van der Waals surface area contributed by atoms with E-state index < -0.39 is 0 Å². The minimum absolute atomic E-state index is 0.280. The highest BCUT2D eigenvalue weighted by atomic mass is 32.2. The molecule has 0 amide bonds. The SMILES string of the molecule is C=C/C=C(\SC)C(=O)C1CCCCC1. The van der Waals surface area contributed by atoms with Gasteiger partial charge in [0.15, 0.2) is 5.78 Å². The molecule has 1 aliphatic rings. The van der Waals surface area contributed by atoms with E-state index in [1.54, 1.807) is 6.08 Å². The van der Waals surface area contributed by atoms with E-state index in [-0.39, 0.29) is 5.92 Å². The van der Waals surface area contributed by atoms with Crippen molar-refractivity contribution < 1.29 is 4.79 Å². The fourth-order valence-corrected chi connectivity index (χ4v) is 2.52. The Kier molecular flexibility index (Phi) is 5.02. The molecule has 1 nitrogen and oxygen atoms in total. The molecule has 1 saturated carbocycles. The summed E-state index contributed by atoms with van der Waals surface area (Å²) in [6.07, 6.45) is 11.4. The lowest BCUT2D eigenvalue weighted by atomic mass is 9.86. The van der Waals surface area contributed by atoms with E-state index in [9.17, 15) is 4.79 Å². The van der Waals surface area contributed by atoms with Gasteiger partial charge in [-0.1, -0.05) is 31.9 Å². The second-order valence-corrected chi connectivity index (χ2v) is 4.52. The summed E-state index contributed by atoms with van der Waals surface area (Å²) < 4.78 is 0. The van der Waals surface area contributed by atoms with Crippen LogP contribution >= 0.6 is 11.8 Å². The Morgan fingerprint density at radius 1 is 1.36 bits per heavy atom. The molecule has 2 heteroatoms. The summed E-state index contributed by atoms with van der Waals surface area (Å²) in [6.45, 7) is 3.63. The van der Waals surface area contributed by atoms with Crippen LogP contribution in [0.15, 0.2) is 23.6 Å². The largest absolute Gasteiger partial charge is 0.293 e. The second-order valence-electron chi connectivity index (χ2n) is 3.67. The normalized spacial score (nSPS) is 19.4. The van der Waals surface area contributed by atoms with E-state index in [0.717, 1.165) is 17.7 Å². The molecule has 0 spiro atoms. The van der Waals surface area contributed by atoms with E-state index in [1.807, 2.05) is 12.3 Å². The fourth-order valence-electron chi connectivity index (χ4n) is 1.92. The van der Waals surface area contributed by atoms with Crippen LogP contribution in [0.2, 0.25) is 0 Å². The molecule has 0 aromatic rings. The Morgan fingerprint density at radius 3 is 2.50 bits per heavy atom. The summed E-state index contributed by atoms with van der Waals surface area (Å²) in [5.74, 6) is 0.611. The summed E-state index contributed by atoms with van der Waals surface area (Å²) in [5.41, 5.74) is 0. The van der Waals surface area contributed by atoms with Crippen LogP contribution in [-0.4, -0.2) is 12.0 Å². The first kappa shape index (κ1) is 11.6. The highest BCUT2D eigenvalue weighted by Crippen LogP contribution is 2.29. The van der Waals surface area contributed by atoms with Crippen molar-refractivity contribution in [3.8, 4) is 0 Å². The first-order valence-corrected chi connectivity index (χ1v) is 6.43. The number of thioether (sulfide) groups is 1. The predicted octanol–water partition coefficient (Wildman–Crippen LogP) is 3.57. The summed E-state index contributed by atoms with van der Waals surface area (Å²) in [5, 5.41) is 0. The monoisotopic (exact) mass is 210 g/mol. The van der Waals surface area contributed by atoms with Gasteiger partial charge < -0.3 is 0 Å². The van der Waals surface area contributed by atoms with E-state index >= 15 is 0 Å². The van der Waals surface area contributed by atoms with Gasteiger partial charge in [0.05, 0.1) is 4.91 Å². The molecular weight excluding hydrogens is 192 g/mol. The fraction of sp³-hybridized carbons (Fsp3) is 0.583. The van der Waals surface area contributed by atoms with Crippen molar-refractivity contribution in [1.82, 2.24) is 0 Å². The number of ketones is 1. The predicted molar refractivity (Wildman–Crippen MR) is 63.4 cm³/mol. The Labute approximate surface area is 90.7 Å². The molecular formula is C12H18OS. The zero-order chi connectivity index (χ0) is 10.4. The van der Waals surface area contributed by atoms with Crippen molar-refractivity contribution in [1.29, 1.82) is 0 Å². The molecule has 1 fully saturated rings. The summed E-state index contributed by atoms with van der Waals surface area (Å²) in [4.78, 5) is 12.8. The average Bonchev–Trinajstić information content (AvgIpc) is 2.26. The highest BCUT2D eigenvalue weighted by Gasteiger charge is 2.23. The molecule has 1 rings (SSSR count). The summed E-state index contributed by atoms with van der Waals surface area (Å²) in [6, 6.07) is 0. The topological polar surface area (TPSA) is 17.1 Å². The third-order valence-electron chi connectivity index (χ3n) is 2.71. The van der Waals surface area contributed by atoms with Gasteiger partial charge in [-0.05, 0) is 25.2 Å². The molecule has 14 heavy (non-hydrogen) atoms. The van der Waals surface area contributed by atoms with Crippen LogP contribution in [0.4, 0.5) is 0 Å². The first-order chi connectivity index (χ1) is 6.79. The lowest BCUT2D eigenvalue weighted by molar-refractivity contribution is -0.119. The molecule has 0 bridgehead atoms. The van der Waals surface area contributed by atoms with E-state index in [1.165, 1.54) is 31.0 Å². The Morgan fingerprint density at radius 2 is 2.00 bits per heavy atom. The van der Waals surface area contributed by atoms with E-state index in [4.69, 9.17) is 0 Å². The highest BCUT2D eigenvalue weighted by molar-refractivity contribution is 8.03. The Hall–Kier alpha value is -0.500. The standard InChI is InChI=1S/C12H18OS/c1-3-7-11(14-2)12(13)10-8-5-4-6-9-10/h3,7,10H,1,4-6,8-9H2,2H3/b11-7-. The number of carbonyl (C=O) groups excluding carboxylic acids is 1. The molecule has 0 unspecified atom stereocenters. The second kappa shape index (κ2) is 6.07. The molecule has 0 radical (unpaired) electrons. The van der Waals surface area contributed by atoms with Crippen LogP contribution < -0.4 is 0 Å². The lowest BCUT2D eigenvalue weighted by Gasteiger charge is -2.20. The van der Waals surface area contributed by atoms with Gasteiger partial charge in [0.2, 0.25) is 0 Å². The van der Waals surface area contributed by atoms with Gasteiger partial charge in [-0.15, -0.1) is 11.8 Å². The van der Waals surface area contributed by atoms with Crippen LogP contribution in [0.5, 0.6) is 0 Å². The third-order valence-corrected chi connectivity index (χ3v) is 3.49. The zero-order valence-corrected chi connectivity index (χ0v) is 9.61. The Balaban J connectivity index is 2.61. The number of hydrogen-bond acceptors (Lipinski definition) is 2. The third kappa shape index (κ3) is 3.02. The molecule has 0 heterocycles. The van der Waals surface area contributed by atoms with E-state index in [0.29, 0.717) is 5.78 Å². The van der Waals surface area contributed by atoms with Gasteiger partial charge in [0.1, 0.15) is 0 Å². The van der Waals surface area contributed by atoms with Crippen molar-refractivity contribution in [3.05, 3.63) is 23.6 Å². The molecule has 0 atom stereocenters. The van der Waals surface area contributed by atoms with Crippen LogP contribution in [0.1, 0.15) is 32.1 Å². The maximum Gasteiger partial charge on any atom is 0.172 e. The van der Waals surface area contributed by atoms with Gasteiger partial charge in [-0.2, -0.15) is 0 Å². The van der Waals surface area contributed by atoms with Crippen molar-refractivity contribution in [2.75, 3.05) is 6.26 Å². The molecule has 0 aromatic heterocycles. The summed E-state index contributed by atoms with van der Waals surface area (Å²) >= 11 is 1.54. The summed E-state index contributed by atoms with van der Waals surface area (Å²) in [7, 11) is 0. The molecule has 0 aromatic carbocycles. The molecule has 0 N–H and O–H groups in total. The van der Waals surface area contributed by atoms with Crippen molar-refractivity contribution in [2.45, 2.75) is 32.1 Å². The smallest absolute Gasteiger partial charge is 0.172 e. The quantitative estimate of drug-likeness (QED) is 0.521. The van der Waals surface area contributed by atoms with Crippen molar-refractivity contribution in [2.24, 2.45) is 5.92 Å². The van der Waals surface area contributed by atoms with Gasteiger partial charge in [0.25, 0.3) is 0 Å². The molecule has 1 aliphatic carbocycles. The number of Topliss-reactive ketones (excluding diaryl/α,β-unsaturated/α-hetero) is 1. The average molecular weight is 210 g/mol. The number of hydrogen-bond donors (Lipinski definition) is 0. The first-order valence-electron chi connectivity index (χ1n) is 5.20. The van der Waals surface area contributed by atoms with Gasteiger partial charge in [-0.3, -0.25) is 4.79 Å².